The number of nitrogens with one attached hydrogen (secondary N) is 2. The van der Waals surface area contributed by atoms with Crippen molar-refractivity contribution < 1.29 is 0 Å². The molecule has 0 radical (unpaired) electrons. The van der Waals surface area contributed by atoms with Crippen LogP contribution in [0, 0.1) is 5.41 Å². The van der Waals surface area contributed by atoms with Gasteiger partial charge in [0.25, 0.3) is 0 Å². The fraction of sp³-hybridized carbons (Fsp3) is 0.100. The third-order valence-electron chi connectivity index (χ3n) is 2.63. The molecule has 1 aromatic rings. The van der Waals surface area contributed by atoms with Crippen LogP contribution in [0.3, 0.4) is 0 Å². The summed E-state index contributed by atoms with van der Waals surface area (Å²) in [5.74, 6) is 0.116. The summed E-state index contributed by atoms with van der Waals surface area (Å²) in [6, 6.07) is 0. The number of aromatic amines is 1. The summed E-state index contributed by atoms with van der Waals surface area (Å²) in [7, 11) is 0. The Labute approximate surface area is 85.3 Å². The quantitative estimate of drug-likeness (QED) is 0.413. The van der Waals surface area contributed by atoms with Crippen molar-refractivity contribution >= 4 is 23.9 Å². The molecule has 5 heteroatoms. The van der Waals surface area contributed by atoms with Crippen LogP contribution in [-0.2, 0) is 6.42 Å². The van der Waals surface area contributed by atoms with Gasteiger partial charge in [0.1, 0.15) is 17.9 Å². The minimum atomic E-state index is 0.116. The molecule has 15 heavy (non-hydrogen) atoms. The predicted octanol–water partition coefficient (Wildman–Crippen LogP) is -0.493. The Morgan fingerprint density at radius 2 is 2.33 bits per heavy atom. The molecule has 2 heterocycles. The van der Waals surface area contributed by atoms with Crippen molar-refractivity contribution in [1.82, 2.24) is 4.98 Å². The van der Waals surface area contributed by atoms with Crippen molar-refractivity contribution in [2.45, 2.75) is 6.42 Å². The van der Waals surface area contributed by atoms with Crippen LogP contribution >= 0.6 is 0 Å². The number of hydrogen-bond donors (Lipinski definition) is 3. The molecule has 0 atom stereocenters. The van der Waals surface area contributed by atoms with Gasteiger partial charge in [-0.1, -0.05) is 6.08 Å². The van der Waals surface area contributed by atoms with Crippen molar-refractivity contribution in [2.24, 2.45) is 15.7 Å². The fourth-order valence-electron chi connectivity index (χ4n) is 1.85. The summed E-state index contributed by atoms with van der Waals surface area (Å²) in [4.78, 5) is 11.5. The van der Waals surface area contributed by atoms with Crippen LogP contribution < -0.4 is 16.6 Å². The number of aliphatic imine (C=N–C) groups is 1. The topological polar surface area (TPSA) is 90.4 Å². The summed E-state index contributed by atoms with van der Waals surface area (Å²) in [6.07, 6.45) is 5.96. The van der Waals surface area contributed by atoms with Gasteiger partial charge < -0.3 is 10.7 Å². The van der Waals surface area contributed by atoms with Crippen molar-refractivity contribution in [2.75, 3.05) is 0 Å². The number of allylic oxidation sites excluding steroid dienone is 1. The molecule has 1 aliphatic heterocycles. The standard InChI is InChI=1S/C10H9N5/c11-9(12)5-1-2-7-6(3-5)8-10(15-7)14-4-13-8/h1-2,4H,3H2,(H3,11,12)(H,13,14,15). The molecule has 4 N–H and O–H groups in total. The first-order chi connectivity index (χ1) is 7.25. The molecule has 0 bridgehead atoms. The Morgan fingerprint density at radius 3 is 3.13 bits per heavy atom. The predicted molar refractivity (Wildman–Crippen MR) is 57.9 cm³/mol. The Kier molecular flexibility index (Phi) is 1.45. The smallest absolute Gasteiger partial charge is 0.158 e. The van der Waals surface area contributed by atoms with E-state index < -0.39 is 0 Å². The molecule has 0 spiro atoms. The van der Waals surface area contributed by atoms with Crippen LogP contribution in [0.2, 0.25) is 0 Å². The van der Waals surface area contributed by atoms with Crippen LogP contribution in [0.15, 0.2) is 21.6 Å². The molecule has 0 amide bonds. The number of amidine groups is 1. The van der Waals surface area contributed by atoms with Crippen LogP contribution in [-0.4, -0.2) is 17.2 Å². The summed E-state index contributed by atoms with van der Waals surface area (Å²) >= 11 is 0. The van der Waals surface area contributed by atoms with Crippen molar-refractivity contribution in [3.05, 3.63) is 28.0 Å². The van der Waals surface area contributed by atoms with Gasteiger partial charge in [0, 0.05) is 17.3 Å². The van der Waals surface area contributed by atoms with Crippen LogP contribution in [0.5, 0.6) is 0 Å². The normalized spacial score (nSPS) is 16.1. The molecule has 0 saturated carbocycles. The molecule has 3 rings (SSSR count). The van der Waals surface area contributed by atoms with E-state index in [1.165, 1.54) is 6.34 Å². The van der Waals surface area contributed by atoms with Crippen LogP contribution in [0.4, 0.5) is 5.69 Å². The molecule has 5 nitrogen and oxygen atoms in total. The Bertz CT molecular complexity index is 630. The van der Waals surface area contributed by atoms with Gasteiger partial charge in [-0.3, -0.25) is 5.41 Å². The highest BCUT2D eigenvalue weighted by Crippen LogP contribution is 2.18. The van der Waals surface area contributed by atoms with E-state index in [2.05, 4.69) is 15.0 Å². The number of H-pyrrole nitrogens is 1. The Hall–Kier alpha value is -2.17. The lowest BCUT2D eigenvalue weighted by Gasteiger charge is -2.07. The van der Waals surface area contributed by atoms with Gasteiger partial charge in [-0.15, -0.1) is 0 Å². The van der Waals surface area contributed by atoms with Crippen LogP contribution in [0.25, 0.3) is 6.08 Å². The number of nitrogens with two attached hydrogens (primary N) is 1. The summed E-state index contributed by atoms with van der Waals surface area (Å²) in [5.41, 5.74) is 9.05. The zero-order valence-corrected chi connectivity index (χ0v) is 7.91. The van der Waals surface area contributed by atoms with Gasteiger partial charge in [0.15, 0.2) is 5.49 Å². The Balaban J connectivity index is 2.21. The first-order valence-electron chi connectivity index (χ1n) is 4.62. The average Bonchev–Trinajstić information content (AvgIpc) is 2.75. The number of nitrogens with zero attached hydrogens (tertiary/aromatic N) is 2. The van der Waals surface area contributed by atoms with Gasteiger partial charge in [-0.05, 0) is 11.6 Å². The molecule has 0 aromatic carbocycles. The first-order valence-corrected chi connectivity index (χ1v) is 4.62. The summed E-state index contributed by atoms with van der Waals surface area (Å²) in [5, 5.41) is 8.42. The first kappa shape index (κ1) is 8.16. The van der Waals surface area contributed by atoms with E-state index in [0.29, 0.717) is 6.42 Å². The minimum Gasteiger partial charge on any atom is -0.384 e. The van der Waals surface area contributed by atoms with Crippen molar-refractivity contribution in [3.8, 4) is 0 Å². The maximum Gasteiger partial charge on any atom is 0.158 e. The van der Waals surface area contributed by atoms with Gasteiger partial charge in [-0.2, -0.15) is 0 Å². The van der Waals surface area contributed by atoms with Crippen LogP contribution in [0.1, 0.15) is 5.56 Å². The number of fused-ring (bicyclic) bond motifs is 3. The highest BCUT2D eigenvalue weighted by atomic mass is 15.0. The fourth-order valence-corrected chi connectivity index (χ4v) is 1.85. The van der Waals surface area contributed by atoms with E-state index in [4.69, 9.17) is 11.1 Å². The van der Waals surface area contributed by atoms with E-state index in [1.807, 2.05) is 12.2 Å². The number of hydrogen-bond acceptors (Lipinski definition) is 3. The third-order valence-corrected chi connectivity index (χ3v) is 2.63. The lowest BCUT2D eigenvalue weighted by atomic mass is 10.0. The van der Waals surface area contributed by atoms with E-state index in [9.17, 15) is 0 Å². The molecule has 0 fully saturated rings. The molecule has 2 aliphatic rings. The maximum absolute atomic E-state index is 7.40. The largest absolute Gasteiger partial charge is 0.384 e. The second-order valence-corrected chi connectivity index (χ2v) is 3.54. The highest BCUT2D eigenvalue weighted by Gasteiger charge is 2.16. The third kappa shape index (κ3) is 1.06. The SMILES string of the molecule is N=C(N)C1=CC=c2[nH]c3c(c2C1)N=CN=3. The Morgan fingerprint density at radius 1 is 1.47 bits per heavy atom. The molecule has 0 saturated heterocycles. The van der Waals surface area contributed by atoms with E-state index >= 15 is 0 Å². The van der Waals surface area contributed by atoms with E-state index in [-0.39, 0.29) is 5.84 Å². The highest BCUT2D eigenvalue weighted by molar-refractivity contribution is 5.96. The van der Waals surface area contributed by atoms with Gasteiger partial charge in [0.05, 0.1) is 0 Å². The van der Waals surface area contributed by atoms with Crippen molar-refractivity contribution in [1.29, 1.82) is 5.41 Å². The minimum absolute atomic E-state index is 0.116. The molecular formula is C10H9N5. The zero-order valence-electron chi connectivity index (χ0n) is 7.91. The van der Waals surface area contributed by atoms with Gasteiger partial charge in [0.2, 0.25) is 0 Å². The molecule has 74 valence electrons. The summed E-state index contributed by atoms with van der Waals surface area (Å²) in [6.45, 7) is 0. The van der Waals surface area contributed by atoms with Crippen molar-refractivity contribution in [3.63, 3.8) is 0 Å². The lowest BCUT2D eigenvalue weighted by Crippen LogP contribution is -2.21. The zero-order chi connectivity index (χ0) is 10.4. The molecule has 0 unspecified atom stereocenters. The van der Waals surface area contributed by atoms with Gasteiger partial charge in [-0.25, -0.2) is 9.98 Å². The average molecular weight is 199 g/mol. The number of aromatic nitrogens is 1. The monoisotopic (exact) mass is 199 g/mol. The molecular weight excluding hydrogens is 190 g/mol. The summed E-state index contributed by atoms with van der Waals surface area (Å²) < 4.78 is 0. The van der Waals surface area contributed by atoms with E-state index in [0.717, 1.165) is 27.7 Å². The van der Waals surface area contributed by atoms with E-state index in [1.54, 1.807) is 0 Å². The van der Waals surface area contributed by atoms with Gasteiger partial charge >= 0.3 is 0 Å². The maximum atomic E-state index is 7.40. The second kappa shape index (κ2) is 2.66. The number of rotatable bonds is 1. The molecule has 1 aliphatic carbocycles. The lowest BCUT2D eigenvalue weighted by molar-refractivity contribution is 1.13. The second-order valence-electron chi connectivity index (χ2n) is 3.54. The molecule has 1 aromatic heterocycles.